The molecule has 2 nitrogen and oxygen atoms in total. The average Bonchev–Trinajstić information content (AvgIpc) is 2.74. The third-order valence-electron chi connectivity index (χ3n) is 2.27. The van der Waals surface area contributed by atoms with Gasteiger partial charge in [-0.1, -0.05) is 29.8 Å². The van der Waals surface area contributed by atoms with E-state index in [0.29, 0.717) is 9.90 Å². The smallest absolute Gasteiger partial charge is 0.197 e. The van der Waals surface area contributed by atoms with Crippen molar-refractivity contribution in [1.82, 2.24) is 4.98 Å². The zero-order valence-electron chi connectivity index (χ0n) is 9.18. The molecule has 0 atom stereocenters. The molecule has 1 aromatic carbocycles. The minimum atomic E-state index is -0.0139. The molecule has 0 saturated heterocycles. The van der Waals surface area contributed by atoms with Gasteiger partial charge in [0, 0.05) is 5.02 Å². The van der Waals surface area contributed by atoms with Crippen molar-refractivity contribution < 1.29 is 4.79 Å². The summed E-state index contributed by atoms with van der Waals surface area (Å²) in [7, 11) is 0. The van der Waals surface area contributed by atoms with Gasteiger partial charge in [0.2, 0.25) is 0 Å². The van der Waals surface area contributed by atoms with Gasteiger partial charge in [0.25, 0.3) is 0 Å². The Morgan fingerprint density at radius 2 is 2.06 bits per heavy atom. The second kappa shape index (κ2) is 5.25. The Bertz CT molecular complexity index is 557. The molecule has 0 unspecified atom stereocenters. The number of aryl methyl sites for hydroxylation is 1. The van der Waals surface area contributed by atoms with Crippen molar-refractivity contribution in [2.75, 3.05) is 0 Å². The van der Waals surface area contributed by atoms with E-state index in [1.807, 2.05) is 19.1 Å². The SMILES string of the molecule is Cc1ncsc1C(=O)/C=C/c1ccc(Cl)cc1. The molecule has 0 radical (unpaired) electrons. The quantitative estimate of drug-likeness (QED) is 0.619. The number of hydrogen-bond donors (Lipinski definition) is 0. The van der Waals surface area contributed by atoms with E-state index in [-0.39, 0.29) is 5.78 Å². The van der Waals surface area contributed by atoms with E-state index >= 15 is 0 Å². The lowest BCUT2D eigenvalue weighted by molar-refractivity contribution is 0.105. The highest BCUT2D eigenvalue weighted by Crippen LogP contribution is 2.15. The molecule has 0 bridgehead atoms. The number of hydrogen-bond acceptors (Lipinski definition) is 3. The fourth-order valence-electron chi connectivity index (χ4n) is 1.36. The van der Waals surface area contributed by atoms with E-state index in [1.54, 1.807) is 29.8 Å². The van der Waals surface area contributed by atoms with Crippen molar-refractivity contribution in [3.8, 4) is 0 Å². The van der Waals surface area contributed by atoms with Gasteiger partial charge in [-0.3, -0.25) is 4.79 Å². The number of ketones is 1. The number of carbonyl (C=O) groups is 1. The van der Waals surface area contributed by atoms with Crippen LogP contribution in [0.15, 0.2) is 35.9 Å². The van der Waals surface area contributed by atoms with Crippen LogP contribution in [0.1, 0.15) is 20.9 Å². The predicted octanol–water partition coefficient (Wildman–Crippen LogP) is 4.00. The molecule has 0 amide bonds. The zero-order valence-corrected chi connectivity index (χ0v) is 10.8. The van der Waals surface area contributed by atoms with Crippen LogP contribution in [0, 0.1) is 6.92 Å². The van der Waals surface area contributed by atoms with Crippen molar-refractivity contribution in [2.24, 2.45) is 0 Å². The minimum absolute atomic E-state index is 0.0139. The number of thiazole rings is 1. The van der Waals surface area contributed by atoms with E-state index in [9.17, 15) is 4.79 Å². The highest BCUT2D eigenvalue weighted by molar-refractivity contribution is 7.12. The highest BCUT2D eigenvalue weighted by Gasteiger charge is 2.07. The zero-order chi connectivity index (χ0) is 12.3. The Kier molecular flexibility index (Phi) is 3.71. The summed E-state index contributed by atoms with van der Waals surface area (Å²) < 4.78 is 0. The largest absolute Gasteiger partial charge is 0.288 e. The maximum Gasteiger partial charge on any atom is 0.197 e. The summed E-state index contributed by atoms with van der Waals surface area (Å²) in [6, 6.07) is 7.32. The third kappa shape index (κ3) is 3.02. The highest BCUT2D eigenvalue weighted by atomic mass is 35.5. The van der Waals surface area contributed by atoms with E-state index < -0.39 is 0 Å². The lowest BCUT2D eigenvalue weighted by Crippen LogP contribution is -1.92. The first-order valence-corrected chi connectivity index (χ1v) is 6.30. The number of rotatable bonds is 3. The average molecular weight is 264 g/mol. The number of carbonyl (C=O) groups excluding carboxylic acids is 1. The Hall–Kier alpha value is -1.45. The van der Waals surface area contributed by atoms with Gasteiger partial charge < -0.3 is 0 Å². The Morgan fingerprint density at radius 3 is 2.65 bits per heavy atom. The monoisotopic (exact) mass is 263 g/mol. The number of halogens is 1. The molecule has 0 aliphatic heterocycles. The summed E-state index contributed by atoms with van der Waals surface area (Å²) in [5.74, 6) is -0.0139. The van der Waals surface area contributed by atoms with Crippen LogP contribution in [-0.4, -0.2) is 10.8 Å². The third-order valence-corrected chi connectivity index (χ3v) is 3.46. The number of benzene rings is 1. The molecule has 2 aromatic rings. The molecule has 1 heterocycles. The Morgan fingerprint density at radius 1 is 1.35 bits per heavy atom. The van der Waals surface area contributed by atoms with Crippen molar-refractivity contribution in [2.45, 2.75) is 6.92 Å². The lowest BCUT2D eigenvalue weighted by Gasteiger charge is -1.94. The number of allylic oxidation sites excluding steroid dienone is 1. The molecule has 4 heteroatoms. The normalized spacial score (nSPS) is 10.9. The number of aromatic nitrogens is 1. The molecule has 0 N–H and O–H groups in total. The van der Waals surface area contributed by atoms with Crippen molar-refractivity contribution in [3.63, 3.8) is 0 Å². The second-order valence-electron chi connectivity index (χ2n) is 3.52. The standard InChI is InChI=1S/C13H10ClNOS/c1-9-13(17-8-15-9)12(16)7-4-10-2-5-11(14)6-3-10/h2-8H,1H3/b7-4+. The molecular formula is C13H10ClNOS. The first-order chi connectivity index (χ1) is 8.16. The number of nitrogens with zero attached hydrogens (tertiary/aromatic N) is 1. The van der Waals surface area contributed by atoms with Crippen LogP contribution < -0.4 is 0 Å². The van der Waals surface area contributed by atoms with Crippen molar-refractivity contribution >= 4 is 34.8 Å². The van der Waals surface area contributed by atoms with Crippen LogP contribution in [0.5, 0.6) is 0 Å². The Labute approximate surface area is 109 Å². The second-order valence-corrected chi connectivity index (χ2v) is 4.81. The van der Waals surface area contributed by atoms with Gasteiger partial charge in [-0.15, -0.1) is 11.3 Å². The summed E-state index contributed by atoms with van der Waals surface area (Å²) in [5.41, 5.74) is 3.41. The van der Waals surface area contributed by atoms with Crippen LogP contribution in [0.4, 0.5) is 0 Å². The Balaban J connectivity index is 2.14. The van der Waals surface area contributed by atoms with Gasteiger partial charge in [0.05, 0.1) is 16.1 Å². The van der Waals surface area contributed by atoms with E-state index in [4.69, 9.17) is 11.6 Å². The summed E-state index contributed by atoms with van der Waals surface area (Å²) in [4.78, 5) is 16.6. The molecular weight excluding hydrogens is 254 g/mol. The summed E-state index contributed by atoms with van der Waals surface area (Å²) >= 11 is 7.14. The summed E-state index contributed by atoms with van der Waals surface area (Å²) in [6.45, 7) is 1.83. The fraction of sp³-hybridized carbons (Fsp3) is 0.0769. The molecule has 0 spiro atoms. The molecule has 17 heavy (non-hydrogen) atoms. The van der Waals surface area contributed by atoms with Gasteiger partial charge in [0.1, 0.15) is 0 Å². The summed E-state index contributed by atoms with van der Waals surface area (Å²) in [5, 5.41) is 0.687. The van der Waals surface area contributed by atoms with Gasteiger partial charge in [-0.2, -0.15) is 0 Å². The molecule has 86 valence electrons. The van der Waals surface area contributed by atoms with Crippen LogP contribution >= 0.6 is 22.9 Å². The maximum atomic E-state index is 11.8. The fourth-order valence-corrected chi connectivity index (χ4v) is 2.21. The van der Waals surface area contributed by atoms with Crippen LogP contribution in [0.2, 0.25) is 5.02 Å². The molecule has 1 aromatic heterocycles. The molecule has 2 rings (SSSR count). The van der Waals surface area contributed by atoms with Gasteiger partial charge >= 0.3 is 0 Å². The molecule has 0 aliphatic rings. The van der Waals surface area contributed by atoms with E-state index in [1.165, 1.54) is 11.3 Å². The molecule has 0 fully saturated rings. The predicted molar refractivity (Wildman–Crippen MR) is 71.7 cm³/mol. The maximum absolute atomic E-state index is 11.8. The lowest BCUT2D eigenvalue weighted by atomic mass is 10.2. The topological polar surface area (TPSA) is 30.0 Å². The van der Waals surface area contributed by atoms with Gasteiger partial charge in [-0.05, 0) is 30.7 Å². The van der Waals surface area contributed by atoms with Gasteiger partial charge in [0.15, 0.2) is 5.78 Å². The van der Waals surface area contributed by atoms with E-state index in [2.05, 4.69) is 4.98 Å². The van der Waals surface area contributed by atoms with Crippen molar-refractivity contribution in [1.29, 1.82) is 0 Å². The molecule has 0 saturated carbocycles. The first kappa shape index (κ1) is 12.0. The molecule has 0 aliphatic carbocycles. The van der Waals surface area contributed by atoms with Crippen LogP contribution in [-0.2, 0) is 0 Å². The summed E-state index contributed by atoms with van der Waals surface area (Å²) in [6.07, 6.45) is 3.33. The van der Waals surface area contributed by atoms with Crippen LogP contribution in [0.25, 0.3) is 6.08 Å². The minimum Gasteiger partial charge on any atom is -0.288 e. The first-order valence-electron chi connectivity index (χ1n) is 5.05. The van der Waals surface area contributed by atoms with Gasteiger partial charge in [-0.25, -0.2) is 4.98 Å². The van der Waals surface area contributed by atoms with Crippen LogP contribution in [0.3, 0.4) is 0 Å². The van der Waals surface area contributed by atoms with E-state index in [0.717, 1.165) is 11.3 Å². The van der Waals surface area contributed by atoms with Crippen molar-refractivity contribution in [3.05, 3.63) is 57.0 Å².